The average Bonchev–Trinajstić information content (AvgIpc) is 2.21. The summed E-state index contributed by atoms with van der Waals surface area (Å²) in [7, 11) is 1.59. The van der Waals surface area contributed by atoms with Crippen LogP contribution in [-0.2, 0) is 14.4 Å². The van der Waals surface area contributed by atoms with Crippen molar-refractivity contribution in [1.29, 1.82) is 0 Å². The molecule has 0 radical (unpaired) electrons. The molecule has 0 aliphatic carbocycles. The number of primary amides is 1. The van der Waals surface area contributed by atoms with Crippen LogP contribution in [0.1, 0.15) is 19.8 Å². The third kappa shape index (κ3) is 5.30. The number of carboxylic acid groups (broad SMARTS) is 1. The molecule has 5 N–H and O–H groups in total. The molecular formula is C9H17N3O4. The monoisotopic (exact) mass is 231 g/mol. The fourth-order valence-corrected chi connectivity index (χ4v) is 0.972. The highest BCUT2D eigenvalue weighted by Gasteiger charge is 2.22. The van der Waals surface area contributed by atoms with E-state index in [1.807, 2.05) is 0 Å². The third-order valence-electron chi connectivity index (χ3n) is 2.12. The number of rotatable bonds is 7. The van der Waals surface area contributed by atoms with Gasteiger partial charge in [0.15, 0.2) is 0 Å². The van der Waals surface area contributed by atoms with Gasteiger partial charge in [0.1, 0.15) is 6.04 Å². The zero-order valence-electron chi connectivity index (χ0n) is 9.32. The molecule has 0 rings (SSSR count). The molecule has 0 aromatic rings. The Morgan fingerprint density at radius 2 is 1.94 bits per heavy atom. The molecule has 0 saturated carbocycles. The summed E-state index contributed by atoms with van der Waals surface area (Å²) < 4.78 is 0. The summed E-state index contributed by atoms with van der Waals surface area (Å²) in [6.07, 6.45) is -0.0853. The minimum Gasteiger partial charge on any atom is -0.480 e. The molecule has 2 amide bonds. The van der Waals surface area contributed by atoms with E-state index in [1.165, 1.54) is 0 Å². The van der Waals surface area contributed by atoms with Crippen LogP contribution in [0.2, 0.25) is 0 Å². The van der Waals surface area contributed by atoms with Crippen molar-refractivity contribution < 1.29 is 19.5 Å². The van der Waals surface area contributed by atoms with Crippen LogP contribution in [0.15, 0.2) is 0 Å². The van der Waals surface area contributed by atoms with Gasteiger partial charge in [0.25, 0.3) is 0 Å². The molecule has 0 fully saturated rings. The molecule has 0 saturated heterocycles. The van der Waals surface area contributed by atoms with Gasteiger partial charge in [-0.3, -0.25) is 9.59 Å². The van der Waals surface area contributed by atoms with Crippen molar-refractivity contribution in [3.05, 3.63) is 0 Å². The van der Waals surface area contributed by atoms with Gasteiger partial charge < -0.3 is 21.5 Å². The Balaban J connectivity index is 4.28. The molecule has 0 spiro atoms. The number of carbonyl (C=O) groups excluding carboxylic acids is 2. The second-order valence-electron chi connectivity index (χ2n) is 3.41. The van der Waals surface area contributed by atoms with Crippen LogP contribution in [-0.4, -0.2) is 42.0 Å². The SMILES string of the molecule is CN[C@@H](C)C(=O)N[C@H](CCC(N)=O)C(=O)O. The summed E-state index contributed by atoms with van der Waals surface area (Å²) in [5.41, 5.74) is 4.90. The Labute approximate surface area is 93.4 Å². The van der Waals surface area contributed by atoms with Gasteiger partial charge in [-0.25, -0.2) is 4.79 Å². The van der Waals surface area contributed by atoms with Crippen LogP contribution in [0.4, 0.5) is 0 Å². The van der Waals surface area contributed by atoms with Gasteiger partial charge in [0, 0.05) is 6.42 Å². The van der Waals surface area contributed by atoms with Crippen LogP contribution < -0.4 is 16.4 Å². The van der Waals surface area contributed by atoms with Crippen LogP contribution in [0.3, 0.4) is 0 Å². The maximum Gasteiger partial charge on any atom is 0.326 e. The number of carboxylic acids is 1. The highest BCUT2D eigenvalue weighted by Crippen LogP contribution is 1.98. The maximum atomic E-state index is 11.4. The summed E-state index contributed by atoms with van der Waals surface area (Å²) in [6.45, 7) is 1.60. The van der Waals surface area contributed by atoms with Crippen molar-refractivity contribution in [1.82, 2.24) is 10.6 Å². The number of likely N-dealkylation sites (N-methyl/N-ethyl adjacent to an activating group) is 1. The van der Waals surface area contributed by atoms with Gasteiger partial charge in [-0.2, -0.15) is 0 Å². The van der Waals surface area contributed by atoms with Gasteiger partial charge in [-0.15, -0.1) is 0 Å². The van der Waals surface area contributed by atoms with Gasteiger partial charge in [-0.1, -0.05) is 0 Å². The van der Waals surface area contributed by atoms with Crippen molar-refractivity contribution in [2.75, 3.05) is 7.05 Å². The summed E-state index contributed by atoms with van der Waals surface area (Å²) in [5, 5.41) is 13.8. The number of amides is 2. The zero-order chi connectivity index (χ0) is 12.7. The first-order valence-electron chi connectivity index (χ1n) is 4.87. The topological polar surface area (TPSA) is 122 Å². The van der Waals surface area contributed by atoms with Crippen molar-refractivity contribution >= 4 is 17.8 Å². The molecule has 7 heteroatoms. The van der Waals surface area contributed by atoms with Crippen molar-refractivity contribution in [2.45, 2.75) is 31.8 Å². The lowest BCUT2D eigenvalue weighted by atomic mass is 10.1. The molecule has 16 heavy (non-hydrogen) atoms. The van der Waals surface area contributed by atoms with Crippen LogP contribution in [0.25, 0.3) is 0 Å². The Bertz CT molecular complexity index is 280. The second-order valence-corrected chi connectivity index (χ2v) is 3.41. The molecule has 2 atom stereocenters. The number of hydrogen-bond donors (Lipinski definition) is 4. The number of carbonyl (C=O) groups is 3. The largest absolute Gasteiger partial charge is 0.480 e. The molecule has 0 aromatic heterocycles. The normalized spacial score (nSPS) is 13.9. The van der Waals surface area contributed by atoms with Crippen molar-refractivity contribution in [3.63, 3.8) is 0 Å². The first-order chi connectivity index (χ1) is 7.38. The molecule has 0 unspecified atom stereocenters. The van der Waals surface area contributed by atoms with E-state index in [2.05, 4.69) is 10.6 Å². The van der Waals surface area contributed by atoms with E-state index in [0.717, 1.165) is 0 Å². The van der Waals surface area contributed by atoms with Crippen molar-refractivity contribution in [2.24, 2.45) is 5.73 Å². The smallest absolute Gasteiger partial charge is 0.326 e. The van der Waals surface area contributed by atoms with Gasteiger partial charge in [0.2, 0.25) is 11.8 Å². The molecule has 92 valence electrons. The first kappa shape index (κ1) is 14.4. The Hall–Kier alpha value is -1.63. The van der Waals surface area contributed by atoms with E-state index >= 15 is 0 Å². The lowest BCUT2D eigenvalue weighted by molar-refractivity contribution is -0.142. The summed E-state index contributed by atoms with van der Waals surface area (Å²) >= 11 is 0. The van der Waals surface area contributed by atoms with Crippen LogP contribution in [0.5, 0.6) is 0 Å². The van der Waals surface area contributed by atoms with E-state index in [-0.39, 0.29) is 12.8 Å². The molecule has 0 aromatic carbocycles. The fraction of sp³-hybridized carbons (Fsp3) is 0.667. The van der Waals surface area contributed by atoms with E-state index < -0.39 is 29.9 Å². The predicted molar refractivity (Wildman–Crippen MR) is 56.5 cm³/mol. The second kappa shape index (κ2) is 6.78. The van der Waals surface area contributed by atoms with Crippen LogP contribution >= 0.6 is 0 Å². The van der Waals surface area contributed by atoms with E-state index in [9.17, 15) is 14.4 Å². The first-order valence-corrected chi connectivity index (χ1v) is 4.87. The van der Waals surface area contributed by atoms with Gasteiger partial charge >= 0.3 is 5.97 Å². The molecule has 0 bridgehead atoms. The average molecular weight is 231 g/mol. The molecular weight excluding hydrogens is 214 g/mol. The highest BCUT2D eigenvalue weighted by atomic mass is 16.4. The maximum absolute atomic E-state index is 11.4. The van der Waals surface area contributed by atoms with Gasteiger partial charge in [-0.05, 0) is 20.4 Å². The van der Waals surface area contributed by atoms with Gasteiger partial charge in [0.05, 0.1) is 6.04 Å². The Kier molecular flexibility index (Phi) is 6.09. The third-order valence-corrected chi connectivity index (χ3v) is 2.12. The van der Waals surface area contributed by atoms with E-state index in [1.54, 1.807) is 14.0 Å². The summed E-state index contributed by atoms with van der Waals surface area (Å²) in [4.78, 5) is 32.7. The quantitative estimate of drug-likeness (QED) is 0.421. The van der Waals surface area contributed by atoms with Crippen LogP contribution in [0, 0.1) is 0 Å². The standard InChI is InChI=1S/C9H17N3O4/c1-5(11-2)8(14)12-6(9(15)16)3-4-7(10)13/h5-6,11H,3-4H2,1-2H3,(H2,10,13)(H,12,14)(H,15,16)/t5-,6+/m0/s1. The Morgan fingerprint density at radius 1 is 1.38 bits per heavy atom. The molecule has 0 aliphatic rings. The highest BCUT2D eigenvalue weighted by molar-refractivity contribution is 5.87. The lowest BCUT2D eigenvalue weighted by Crippen LogP contribution is -2.48. The molecule has 0 heterocycles. The summed E-state index contributed by atoms with van der Waals surface area (Å²) in [5.74, 6) is -2.21. The molecule has 7 nitrogen and oxygen atoms in total. The fourth-order valence-electron chi connectivity index (χ4n) is 0.972. The van der Waals surface area contributed by atoms with E-state index in [0.29, 0.717) is 0 Å². The minimum absolute atomic E-state index is 0.00710. The number of hydrogen-bond acceptors (Lipinski definition) is 4. The van der Waals surface area contributed by atoms with Crippen molar-refractivity contribution in [3.8, 4) is 0 Å². The minimum atomic E-state index is -1.18. The Morgan fingerprint density at radius 3 is 2.31 bits per heavy atom. The van der Waals surface area contributed by atoms with E-state index in [4.69, 9.17) is 10.8 Å². The predicted octanol–water partition coefficient (Wildman–Crippen LogP) is -1.57. The number of nitrogens with one attached hydrogen (secondary N) is 2. The zero-order valence-corrected chi connectivity index (χ0v) is 9.32. The molecule has 0 aliphatic heterocycles. The number of aliphatic carboxylic acids is 1. The lowest BCUT2D eigenvalue weighted by Gasteiger charge is -2.16. The summed E-state index contributed by atoms with van der Waals surface area (Å²) in [6, 6.07) is -1.58. The number of nitrogens with two attached hydrogens (primary N) is 1.